The number of amides is 2. The van der Waals surface area contributed by atoms with Gasteiger partial charge in [-0.1, -0.05) is 0 Å². The van der Waals surface area contributed by atoms with Crippen molar-refractivity contribution in [2.45, 2.75) is 13.8 Å². The van der Waals surface area contributed by atoms with Crippen LogP contribution in [-0.4, -0.2) is 105 Å². The average Bonchev–Trinajstić information content (AvgIpc) is 2.91. The smallest absolute Gasteiger partial charge is 0.285 e. The fourth-order valence-electron chi connectivity index (χ4n) is 4.67. The van der Waals surface area contributed by atoms with Crippen molar-refractivity contribution in [3.05, 3.63) is 56.6 Å². The molecule has 13 heteroatoms. The molecule has 220 valence electrons. The van der Waals surface area contributed by atoms with E-state index in [4.69, 9.17) is 22.3 Å². The molecule has 2 heterocycles. The fraction of sp³-hybridized carbons (Fsp3) is 0.481. The molecule has 0 aromatic heterocycles. The van der Waals surface area contributed by atoms with Crippen molar-refractivity contribution in [2.75, 3.05) is 89.1 Å². The van der Waals surface area contributed by atoms with Gasteiger partial charge in [0, 0.05) is 82.1 Å². The predicted molar refractivity (Wildman–Crippen MR) is 158 cm³/mol. The maximum Gasteiger partial charge on any atom is 0.285 e. The highest BCUT2D eigenvalue weighted by Crippen LogP contribution is 2.30. The summed E-state index contributed by atoms with van der Waals surface area (Å²) in [7, 11) is 5.16. The van der Waals surface area contributed by atoms with E-state index in [2.05, 4.69) is 26.6 Å². The molecule has 0 bridgehead atoms. The van der Waals surface area contributed by atoms with E-state index >= 15 is 0 Å². The molecule has 2 amide bonds. The van der Waals surface area contributed by atoms with Crippen molar-refractivity contribution in [1.82, 2.24) is 9.80 Å². The van der Waals surface area contributed by atoms with E-state index in [0.29, 0.717) is 16.8 Å². The minimum atomic E-state index is -0.768. The molecular weight excluding hydrogens is 516 g/mol. The number of anilines is 3. The molecule has 7 N–H and O–H groups in total. The number of primary amides is 2. The van der Waals surface area contributed by atoms with Crippen LogP contribution in [0.1, 0.15) is 31.8 Å². The van der Waals surface area contributed by atoms with Gasteiger partial charge < -0.3 is 41.9 Å². The first-order valence-corrected chi connectivity index (χ1v) is 13.0. The number of aliphatic hydroxyl groups excluding tert-OH is 1. The number of benzene rings is 2. The minimum absolute atomic E-state index is 0.0241. The molecular formula is C27H42N8O5. The highest BCUT2D eigenvalue weighted by Gasteiger charge is 2.25. The van der Waals surface area contributed by atoms with E-state index in [0.717, 1.165) is 76.4 Å². The maximum atomic E-state index is 11.5. The van der Waals surface area contributed by atoms with Gasteiger partial charge in [0.05, 0.1) is 10.5 Å². The van der Waals surface area contributed by atoms with Gasteiger partial charge >= 0.3 is 0 Å². The van der Waals surface area contributed by atoms with Gasteiger partial charge in [0.1, 0.15) is 5.56 Å². The lowest BCUT2D eigenvalue weighted by Gasteiger charge is -2.34. The summed E-state index contributed by atoms with van der Waals surface area (Å²) in [6.45, 7) is 11.0. The van der Waals surface area contributed by atoms with Gasteiger partial charge in [0.15, 0.2) is 0 Å². The molecule has 2 fully saturated rings. The summed E-state index contributed by atoms with van der Waals surface area (Å²) in [5, 5.41) is 18.1. The molecule has 2 aromatic carbocycles. The number of likely N-dealkylation sites (N-methyl/N-ethyl adjacent to an activating group) is 2. The average molecular weight is 559 g/mol. The van der Waals surface area contributed by atoms with Crippen molar-refractivity contribution >= 4 is 34.6 Å². The molecule has 0 aliphatic carbocycles. The Morgan fingerprint density at radius 3 is 1.50 bits per heavy atom. The van der Waals surface area contributed by atoms with Crippen molar-refractivity contribution in [3.63, 3.8) is 0 Å². The number of carbonyl (C=O) groups is 2. The molecule has 0 atom stereocenters. The number of nitro benzene ring substituents is 1. The highest BCUT2D eigenvalue weighted by molar-refractivity contribution is 6.00. The van der Waals surface area contributed by atoms with Crippen molar-refractivity contribution in [2.24, 2.45) is 11.5 Å². The van der Waals surface area contributed by atoms with Gasteiger partial charge in [-0.15, -0.1) is 0 Å². The molecule has 13 nitrogen and oxygen atoms in total. The lowest BCUT2D eigenvalue weighted by Crippen LogP contribution is -2.44. The third-order valence-corrected chi connectivity index (χ3v) is 7.11. The van der Waals surface area contributed by atoms with Gasteiger partial charge in [0.2, 0.25) is 0 Å². The first kappa shape index (κ1) is 32.3. The van der Waals surface area contributed by atoms with Crippen LogP contribution < -0.4 is 27.0 Å². The summed E-state index contributed by atoms with van der Waals surface area (Å²) >= 11 is 0. The Morgan fingerprint density at radius 1 is 0.750 bits per heavy atom. The Balaban J connectivity index is 0.000000265. The topological polar surface area (TPSA) is 189 Å². The summed E-state index contributed by atoms with van der Waals surface area (Å²) in [6, 6.07) is 7.10. The Hall–Kier alpha value is -3.94. The number of aliphatic hydroxyl groups is 1. The largest absolute Gasteiger partial charge is 0.400 e. The molecule has 0 radical (unpaired) electrons. The number of nitrogen functional groups attached to an aromatic ring is 1. The van der Waals surface area contributed by atoms with E-state index in [1.807, 2.05) is 20.0 Å². The van der Waals surface area contributed by atoms with E-state index in [-0.39, 0.29) is 11.3 Å². The van der Waals surface area contributed by atoms with Crippen LogP contribution in [-0.2, 0) is 0 Å². The molecule has 2 aromatic rings. The van der Waals surface area contributed by atoms with E-state index in [1.165, 1.54) is 6.07 Å². The van der Waals surface area contributed by atoms with Crippen LogP contribution in [0.25, 0.3) is 0 Å². The van der Waals surface area contributed by atoms with Crippen LogP contribution in [0.15, 0.2) is 24.3 Å². The van der Waals surface area contributed by atoms with Crippen LogP contribution in [0.4, 0.5) is 22.7 Å². The number of nitrogens with two attached hydrogens (primary N) is 3. The van der Waals surface area contributed by atoms with Crippen LogP contribution in [0.2, 0.25) is 0 Å². The second-order valence-electron chi connectivity index (χ2n) is 9.95. The summed E-state index contributed by atoms with van der Waals surface area (Å²) in [5.41, 5.74) is 20.4. The first-order valence-electron chi connectivity index (χ1n) is 13.0. The number of hydrogen-bond acceptors (Lipinski definition) is 10. The van der Waals surface area contributed by atoms with Crippen molar-refractivity contribution in [1.29, 1.82) is 0 Å². The fourth-order valence-corrected chi connectivity index (χ4v) is 4.67. The zero-order valence-electron chi connectivity index (χ0n) is 24.0. The third-order valence-electron chi connectivity index (χ3n) is 7.11. The Bertz CT molecular complexity index is 1210. The van der Waals surface area contributed by atoms with Crippen LogP contribution in [0.3, 0.4) is 0 Å². The number of carbonyl (C=O) groups excluding carboxylic acids is 2. The summed E-state index contributed by atoms with van der Waals surface area (Å²) in [5.74, 6) is -1.23. The molecule has 0 unspecified atom stereocenters. The quantitative estimate of drug-likeness (QED) is 0.232. The van der Waals surface area contributed by atoms with Gasteiger partial charge in [-0.25, -0.2) is 0 Å². The molecule has 2 aliphatic heterocycles. The Kier molecular flexibility index (Phi) is 11.7. The Labute approximate surface area is 235 Å². The number of piperazine rings is 2. The van der Waals surface area contributed by atoms with Crippen molar-refractivity contribution in [3.8, 4) is 0 Å². The van der Waals surface area contributed by atoms with E-state index in [9.17, 15) is 19.7 Å². The number of nitro groups is 1. The summed E-state index contributed by atoms with van der Waals surface area (Å²) < 4.78 is 0. The number of hydrogen-bond donors (Lipinski definition) is 4. The molecule has 2 saturated heterocycles. The van der Waals surface area contributed by atoms with Crippen LogP contribution in [0.5, 0.6) is 0 Å². The van der Waals surface area contributed by atoms with E-state index < -0.39 is 16.7 Å². The third kappa shape index (κ3) is 8.04. The normalized spacial score (nSPS) is 15.8. The SMILES string of the molecule is CO.Cc1cc(N2CCN(C)CC2)cc(C(N)=O)c1N.Cc1cc(N2CCN(C)CC2)cc(C(N)=O)c1[N+](=O)[O-]. The monoisotopic (exact) mass is 558 g/mol. The number of aryl methyl sites for hydroxylation is 2. The zero-order chi connectivity index (χ0) is 30.1. The maximum absolute atomic E-state index is 11.5. The standard InChI is InChI=1S/C13H18N4O3.C13H20N4O.CH4O/c1-9-7-10(16-5-3-15(2)4-6-16)8-11(13(14)18)12(9)17(19)20;1-9-7-10(8-11(12(9)14)13(15)18)17-5-3-16(2)4-6-17;1-2/h7-8H,3-6H2,1-2H3,(H2,14,18);7-8H,3-6,14H2,1-2H3,(H2,15,18);2H,1H3. The lowest BCUT2D eigenvalue weighted by atomic mass is 10.1. The lowest BCUT2D eigenvalue weighted by molar-refractivity contribution is -0.385. The summed E-state index contributed by atoms with van der Waals surface area (Å²) in [6.07, 6.45) is 0. The van der Waals surface area contributed by atoms with Gasteiger partial charge in [-0.05, 0) is 57.8 Å². The number of nitrogens with zero attached hydrogens (tertiary/aromatic N) is 5. The molecule has 40 heavy (non-hydrogen) atoms. The van der Waals surface area contributed by atoms with Crippen LogP contribution in [0, 0.1) is 24.0 Å². The molecule has 0 saturated carbocycles. The van der Waals surface area contributed by atoms with Gasteiger partial charge in [-0.2, -0.15) is 0 Å². The molecule has 0 spiro atoms. The zero-order valence-corrected chi connectivity index (χ0v) is 24.0. The van der Waals surface area contributed by atoms with Crippen LogP contribution >= 0.6 is 0 Å². The van der Waals surface area contributed by atoms with Gasteiger partial charge in [0.25, 0.3) is 17.5 Å². The molecule has 4 rings (SSSR count). The summed E-state index contributed by atoms with van der Waals surface area (Å²) in [4.78, 5) is 42.2. The number of rotatable bonds is 5. The highest BCUT2D eigenvalue weighted by atomic mass is 16.6. The Morgan fingerprint density at radius 2 is 1.12 bits per heavy atom. The molecule has 2 aliphatic rings. The second kappa shape index (κ2) is 14.4. The second-order valence-corrected chi connectivity index (χ2v) is 9.95. The van der Waals surface area contributed by atoms with Gasteiger partial charge in [-0.3, -0.25) is 19.7 Å². The van der Waals surface area contributed by atoms with Crippen molar-refractivity contribution < 1.29 is 19.6 Å². The minimum Gasteiger partial charge on any atom is -0.400 e. The first-order chi connectivity index (χ1) is 18.9. The van der Waals surface area contributed by atoms with E-state index in [1.54, 1.807) is 19.1 Å². The predicted octanol–water partition coefficient (Wildman–Crippen LogP) is 0.790.